The van der Waals surface area contributed by atoms with Gasteiger partial charge >= 0.3 is 0 Å². The molecule has 0 aromatic carbocycles. The van der Waals surface area contributed by atoms with E-state index >= 15 is 0 Å². The molecule has 2 bridgehead atoms. The first-order valence-corrected chi connectivity index (χ1v) is 14.1. The van der Waals surface area contributed by atoms with Gasteiger partial charge in [-0.25, -0.2) is 22.7 Å². The van der Waals surface area contributed by atoms with E-state index in [1.807, 2.05) is 13.8 Å². The molecule has 3 aromatic heterocycles. The average molecular weight is 574 g/mol. The van der Waals surface area contributed by atoms with Crippen molar-refractivity contribution in [1.29, 1.82) is 0 Å². The number of nitrogens with one attached hydrogen (secondary N) is 2. The molecule has 0 radical (unpaired) electrons. The van der Waals surface area contributed by atoms with Crippen LogP contribution in [0.2, 0.25) is 0 Å². The van der Waals surface area contributed by atoms with Crippen LogP contribution in [0.1, 0.15) is 105 Å². The number of carbonyl (C=O) groups is 2. The summed E-state index contributed by atoms with van der Waals surface area (Å²) in [6.45, 7) is 3.81. The molecule has 4 saturated carbocycles. The Morgan fingerprint density at radius 3 is 2.49 bits per heavy atom. The maximum absolute atomic E-state index is 14.0. The van der Waals surface area contributed by atoms with Gasteiger partial charge in [-0.2, -0.15) is 10.2 Å². The number of amides is 2. The van der Waals surface area contributed by atoms with Gasteiger partial charge in [0, 0.05) is 37.1 Å². The number of nitrogens with zero attached hydrogens (tertiary/aromatic N) is 5. The number of imidazole rings is 1. The Bertz CT molecular complexity index is 1460. The fourth-order valence-electron chi connectivity index (χ4n) is 6.83. The highest BCUT2D eigenvalue weighted by atomic mass is 19.3. The van der Waals surface area contributed by atoms with E-state index in [0.29, 0.717) is 41.9 Å². The van der Waals surface area contributed by atoms with Crippen molar-refractivity contribution in [1.82, 2.24) is 35.0 Å². The number of aliphatic hydroxyl groups is 1. The van der Waals surface area contributed by atoms with Crippen molar-refractivity contribution in [3.63, 3.8) is 0 Å². The number of aliphatic hydroxyl groups excluding tert-OH is 1. The number of halogens is 3. The lowest BCUT2D eigenvalue weighted by Gasteiger charge is -2.65. The Kier molecular flexibility index (Phi) is 6.63. The molecule has 0 aliphatic heterocycles. The van der Waals surface area contributed by atoms with Crippen LogP contribution in [0, 0.1) is 11.3 Å². The number of carbonyl (C=O) groups excluding carboxylic acids is 2. The molecule has 2 atom stereocenters. The Morgan fingerprint density at radius 1 is 1.12 bits per heavy atom. The molecule has 13 heteroatoms. The van der Waals surface area contributed by atoms with E-state index in [1.54, 1.807) is 23.0 Å². The Labute approximate surface area is 234 Å². The predicted molar refractivity (Wildman–Crippen MR) is 141 cm³/mol. The fourth-order valence-corrected chi connectivity index (χ4v) is 6.83. The van der Waals surface area contributed by atoms with Gasteiger partial charge in [0.1, 0.15) is 11.4 Å². The third-order valence-corrected chi connectivity index (χ3v) is 8.81. The van der Waals surface area contributed by atoms with Crippen LogP contribution >= 0.6 is 0 Å². The molecule has 4 fully saturated rings. The number of aromatic nitrogens is 5. The standard InChI is InChI=1S/C28H34F3N7O3/c1-16(2)38-20(5-8-32-38)25(41)36-23(17-3-6-28(30,31)7-4-17)19-12-37-21(34-19)9-18(11-33-37)24(40)35-22(39)10-26-13-27(29,14-26)15-26/h5,8-9,11-12,16-17,23-24,40H,3-4,6-7,10,13-15H2,1-2H3,(H,35,39)(H,36,41)/t23-,24+,26?,27?/m0/s1. The van der Waals surface area contributed by atoms with Crippen molar-refractivity contribution in [3.8, 4) is 0 Å². The van der Waals surface area contributed by atoms with E-state index in [9.17, 15) is 27.9 Å². The molecule has 220 valence electrons. The van der Waals surface area contributed by atoms with Crippen LogP contribution in [0.25, 0.3) is 5.65 Å². The summed E-state index contributed by atoms with van der Waals surface area (Å²) in [6, 6.07) is 2.47. The quantitative estimate of drug-likeness (QED) is 0.330. The van der Waals surface area contributed by atoms with Gasteiger partial charge < -0.3 is 15.7 Å². The Hall–Kier alpha value is -3.48. The monoisotopic (exact) mass is 573 g/mol. The van der Waals surface area contributed by atoms with Crippen LogP contribution in [0.5, 0.6) is 0 Å². The third-order valence-electron chi connectivity index (χ3n) is 8.81. The Morgan fingerprint density at radius 2 is 1.83 bits per heavy atom. The molecular formula is C28H34F3N7O3. The third kappa shape index (κ3) is 5.31. The SMILES string of the molecule is CC(C)n1nccc1C(=O)N[C@H](c1cn2ncc([C@@H](O)NC(=O)CC34CC(F)(C3)C4)cc2n1)C1CCC(F)(F)CC1. The second-order valence-corrected chi connectivity index (χ2v) is 12.5. The van der Waals surface area contributed by atoms with Crippen molar-refractivity contribution < 1.29 is 27.9 Å². The molecule has 4 aliphatic rings. The lowest BCUT2D eigenvalue weighted by molar-refractivity contribution is -0.216. The molecule has 3 N–H and O–H groups in total. The highest BCUT2D eigenvalue weighted by Crippen LogP contribution is 2.71. The zero-order valence-electron chi connectivity index (χ0n) is 23.0. The maximum Gasteiger partial charge on any atom is 0.270 e. The zero-order valence-corrected chi connectivity index (χ0v) is 23.0. The number of rotatable bonds is 9. The normalized spacial score (nSPS) is 26.7. The molecule has 0 saturated heterocycles. The Balaban J connectivity index is 1.21. The van der Waals surface area contributed by atoms with Gasteiger partial charge in [-0.1, -0.05) is 0 Å². The highest BCUT2D eigenvalue weighted by molar-refractivity contribution is 5.92. The van der Waals surface area contributed by atoms with Gasteiger partial charge in [0.25, 0.3) is 5.91 Å². The van der Waals surface area contributed by atoms with E-state index in [-0.39, 0.29) is 61.3 Å². The molecule has 10 nitrogen and oxygen atoms in total. The molecule has 3 heterocycles. The first kappa shape index (κ1) is 27.7. The molecule has 2 amide bonds. The molecule has 0 spiro atoms. The lowest BCUT2D eigenvalue weighted by Crippen LogP contribution is -2.65. The van der Waals surface area contributed by atoms with Crippen molar-refractivity contribution in [3.05, 3.63) is 47.7 Å². The molecule has 7 rings (SSSR count). The zero-order chi connectivity index (χ0) is 29.2. The van der Waals surface area contributed by atoms with Gasteiger partial charge in [-0.05, 0) is 69.4 Å². The van der Waals surface area contributed by atoms with Gasteiger partial charge in [0.2, 0.25) is 11.8 Å². The van der Waals surface area contributed by atoms with Gasteiger partial charge in [0.05, 0.1) is 24.1 Å². The highest BCUT2D eigenvalue weighted by Gasteiger charge is 2.69. The summed E-state index contributed by atoms with van der Waals surface area (Å²) in [5, 5.41) is 24.7. The molecular weight excluding hydrogens is 539 g/mol. The van der Waals surface area contributed by atoms with Crippen LogP contribution in [0.3, 0.4) is 0 Å². The van der Waals surface area contributed by atoms with Gasteiger partial charge in [0.15, 0.2) is 11.9 Å². The summed E-state index contributed by atoms with van der Waals surface area (Å²) in [4.78, 5) is 30.4. The summed E-state index contributed by atoms with van der Waals surface area (Å²) in [5.41, 5.74) is 0.0931. The summed E-state index contributed by atoms with van der Waals surface area (Å²) in [6.07, 6.45) is 4.46. The number of alkyl halides is 3. The molecule has 41 heavy (non-hydrogen) atoms. The van der Waals surface area contributed by atoms with E-state index in [4.69, 9.17) is 0 Å². The van der Waals surface area contributed by atoms with E-state index in [0.717, 1.165) is 0 Å². The molecule has 4 aliphatic carbocycles. The van der Waals surface area contributed by atoms with Crippen LogP contribution in [0.15, 0.2) is 30.7 Å². The van der Waals surface area contributed by atoms with Crippen molar-refractivity contribution >= 4 is 17.5 Å². The summed E-state index contributed by atoms with van der Waals surface area (Å²) in [7, 11) is 0. The second kappa shape index (κ2) is 9.81. The second-order valence-electron chi connectivity index (χ2n) is 12.5. The van der Waals surface area contributed by atoms with Crippen molar-refractivity contribution in [2.45, 2.75) is 95.1 Å². The van der Waals surface area contributed by atoms with E-state index in [2.05, 4.69) is 25.8 Å². The van der Waals surface area contributed by atoms with Crippen LogP contribution in [-0.4, -0.2) is 52.9 Å². The minimum atomic E-state index is -2.73. The predicted octanol–water partition coefficient (Wildman–Crippen LogP) is 4.19. The minimum absolute atomic E-state index is 0.0540. The lowest BCUT2D eigenvalue weighted by atomic mass is 9.41. The minimum Gasteiger partial charge on any atom is -0.369 e. The first-order valence-electron chi connectivity index (χ1n) is 14.1. The number of hydrogen-bond acceptors (Lipinski definition) is 6. The van der Waals surface area contributed by atoms with Gasteiger partial charge in [-0.15, -0.1) is 0 Å². The van der Waals surface area contributed by atoms with Crippen LogP contribution in [-0.2, 0) is 4.79 Å². The van der Waals surface area contributed by atoms with Crippen LogP contribution < -0.4 is 10.6 Å². The van der Waals surface area contributed by atoms with E-state index < -0.39 is 23.9 Å². The number of fused-ring (bicyclic) bond motifs is 1. The van der Waals surface area contributed by atoms with Crippen molar-refractivity contribution in [2.24, 2.45) is 11.3 Å². The van der Waals surface area contributed by atoms with Gasteiger partial charge in [-0.3, -0.25) is 14.3 Å². The van der Waals surface area contributed by atoms with Crippen molar-refractivity contribution in [2.75, 3.05) is 0 Å². The topological polar surface area (TPSA) is 126 Å². The largest absolute Gasteiger partial charge is 0.369 e. The molecule has 0 unspecified atom stereocenters. The molecule has 3 aromatic rings. The smallest absolute Gasteiger partial charge is 0.270 e. The average Bonchev–Trinajstić information content (AvgIpc) is 3.53. The van der Waals surface area contributed by atoms with Crippen LogP contribution in [0.4, 0.5) is 13.2 Å². The summed E-state index contributed by atoms with van der Waals surface area (Å²) < 4.78 is 44.8. The summed E-state index contributed by atoms with van der Waals surface area (Å²) in [5.74, 6) is -3.75. The maximum atomic E-state index is 14.0. The van der Waals surface area contributed by atoms with E-state index in [1.165, 1.54) is 16.9 Å². The summed E-state index contributed by atoms with van der Waals surface area (Å²) >= 11 is 0. The fraction of sp³-hybridized carbons (Fsp3) is 0.607. The number of hydrogen-bond donors (Lipinski definition) is 3. The first-order chi connectivity index (χ1) is 19.3.